The van der Waals surface area contributed by atoms with Crippen molar-refractivity contribution >= 4 is 11.6 Å². The molecule has 0 aromatic heterocycles. The molecule has 2 fully saturated rings. The summed E-state index contributed by atoms with van der Waals surface area (Å²) in [7, 11) is 2.18. The predicted octanol–water partition coefficient (Wildman–Crippen LogP) is 3.07. The number of halogens is 1. The molecule has 2 aliphatic rings. The number of rotatable bonds is 2. The van der Waals surface area contributed by atoms with Gasteiger partial charge in [-0.3, -0.25) is 0 Å². The molecule has 100 valence electrons. The van der Waals surface area contributed by atoms with E-state index in [1.54, 1.807) is 12.1 Å². The highest BCUT2D eigenvalue weighted by Gasteiger charge is 2.53. The number of piperidine rings is 1. The van der Waals surface area contributed by atoms with Gasteiger partial charge in [0.15, 0.2) is 0 Å². The van der Waals surface area contributed by atoms with Crippen molar-refractivity contribution in [2.75, 3.05) is 20.1 Å². The predicted molar refractivity (Wildman–Crippen MR) is 74.4 cm³/mol. The molecule has 1 heterocycles. The van der Waals surface area contributed by atoms with Crippen LogP contribution in [0.3, 0.4) is 0 Å². The van der Waals surface area contributed by atoms with Crippen molar-refractivity contribution in [2.24, 2.45) is 5.41 Å². The van der Waals surface area contributed by atoms with E-state index in [-0.39, 0.29) is 6.10 Å². The van der Waals surface area contributed by atoms with Crippen LogP contribution in [0.15, 0.2) is 18.2 Å². The SMILES string of the molecule is CN1CCC(Oc2ccc(C#N)c(Cl)c2)C2(CC2)C1. The summed E-state index contributed by atoms with van der Waals surface area (Å²) in [6, 6.07) is 7.40. The van der Waals surface area contributed by atoms with Gasteiger partial charge < -0.3 is 9.64 Å². The molecule has 4 heteroatoms. The zero-order chi connectivity index (χ0) is 13.5. The Morgan fingerprint density at radius 1 is 1.47 bits per heavy atom. The highest BCUT2D eigenvalue weighted by Crippen LogP contribution is 2.53. The summed E-state index contributed by atoms with van der Waals surface area (Å²) in [6.07, 6.45) is 3.86. The second-order valence-corrected chi connectivity index (χ2v) is 6.16. The molecule has 0 N–H and O–H groups in total. The summed E-state index contributed by atoms with van der Waals surface area (Å²) >= 11 is 6.05. The largest absolute Gasteiger partial charge is 0.490 e. The lowest BCUT2D eigenvalue weighted by atomic mass is 9.91. The van der Waals surface area contributed by atoms with Crippen LogP contribution in [0.4, 0.5) is 0 Å². The second-order valence-electron chi connectivity index (χ2n) is 5.75. The first-order valence-electron chi connectivity index (χ1n) is 6.68. The van der Waals surface area contributed by atoms with Crippen LogP contribution in [0, 0.1) is 16.7 Å². The van der Waals surface area contributed by atoms with E-state index in [4.69, 9.17) is 21.6 Å². The summed E-state index contributed by atoms with van der Waals surface area (Å²) in [6.45, 7) is 2.21. The van der Waals surface area contributed by atoms with Crippen molar-refractivity contribution in [3.8, 4) is 11.8 Å². The summed E-state index contributed by atoms with van der Waals surface area (Å²) < 4.78 is 6.14. The van der Waals surface area contributed by atoms with E-state index in [0.717, 1.165) is 25.3 Å². The first-order valence-corrected chi connectivity index (χ1v) is 7.06. The number of ether oxygens (including phenoxy) is 1. The summed E-state index contributed by atoms with van der Waals surface area (Å²) in [5, 5.41) is 9.34. The minimum atomic E-state index is 0.285. The van der Waals surface area contributed by atoms with Gasteiger partial charge in [-0.25, -0.2) is 0 Å². The fraction of sp³-hybridized carbons (Fsp3) is 0.533. The Balaban J connectivity index is 1.75. The number of nitrogens with zero attached hydrogens (tertiary/aromatic N) is 2. The van der Waals surface area contributed by atoms with Gasteiger partial charge in [0.25, 0.3) is 0 Å². The highest BCUT2D eigenvalue weighted by molar-refractivity contribution is 6.31. The number of nitriles is 1. The topological polar surface area (TPSA) is 36.3 Å². The van der Waals surface area contributed by atoms with E-state index in [2.05, 4.69) is 18.0 Å². The molecule has 1 aliphatic carbocycles. The van der Waals surface area contributed by atoms with E-state index in [0.29, 0.717) is 16.0 Å². The van der Waals surface area contributed by atoms with Gasteiger partial charge in [0, 0.05) is 24.6 Å². The molecular formula is C15H17ClN2O. The van der Waals surface area contributed by atoms with Gasteiger partial charge in [-0.15, -0.1) is 0 Å². The normalized spacial score (nSPS) is 25.0. The van der Waals surface area contributed by atoms with Crippen molar-refractivity contribution in [1.82, 2.24) is 4.90 Å². The molecule has 3 rings (SSSR count). The molecule has 1 saturated heterocycles. The quantitative estimate of drug-likeness (QED) is 0.833. The molecule has 1 atom stereocenters. The number of hydrogen-bond donors (Lipinski definition) is 0. The third kappa shape index (κ3) is 2.43. The maximum absolute atomic E-state index is 8.87. The maximum Gasteiger partial charge on any atom is 0.121 e. The summed E-state index contributed by atoms with van der Waals surface area (Å²) in [5.41, 5.74) is 0.853. The van der Waals surface area contributed by atoms with E-state index < -0.39 is 0 Å². The van der Waals surface area contributed by atoms with E-state index in [9.17, 15) is 0 Å². The van der Waals surface area contributed by atoms with Crippen molar-refractivity contribution in [3.63, 3.8) is 0 Å². The van der Waals surface area contributed by atoms with Crippen molar-refractivity contribution in [3.05, 3.63) is 28.8 Å². The molecule has 0 bridgehead atoms. The minimum Gasteiger partial charge on any atom is -0.490 e. The van der Waals surface area contributed by atoms with Gasteiger partial charge in [-0.1, -0.05) is 11.6 Å². The van der Waals surface area contributed by atoms with E-state index in [1.165, 1.54) is 12.8 Å². The van der Waals surface area contributed by atoms with Gasteiger partial charge in [0.1, 0.15) is 17.9 Å². The standard InChI is InChI=1S/C15H17ClN2O/c1-18-7-4-14(15(10-18)5-6-15)19-12-3-2-11(9-17)13(16)8-12/h2-3,8,14H,4-7,10H2,1H3. The number of hydrogen-bond acceptors (Lipinski definition) is 3. The van der Waals surface area contributed by atoms with Gasteiger partial charge >= 0.3 is 0 Å². The fourth-order valence-corrected chi connectivity index (χ4v) is 3.22. The average Bonchev–Trinajstić information content (AvgIpc) is 3.14. The monoisotopic (exact) mass is 276 g/mol. The fourth-order valence-electron chi connectivity index (χ4n) is 3.01. The zero-order valence-electron chi connectivity index (χ0n) is 11.0. The lowest BCUT2D eigenvalue weighted by molar-refractivity contribution is 0.0399. The second kappa shape index (κ2) is 4.70. The third-order valence-electron chi connectivity index (χ3n) is 4.27. The lowest BCUT2D eigenvalue weighted by Gasteiger charge is -2.37. The Bertz CT molecular complexity index is 533. The van der Waals surface area contributed by atoms with E-state index in [1.807, 2.05) is 6.07 Å². The third-order valence-corrected chi connectivity index (χ3v) is 4.59. The molecule has 1 aromatic rings. The van der Waals surface area contributed by atoms with Crippen LogP contribution in [0.1, 0.15) is 24.8 Å². The van der Waals surface area contributed by atoms with Crippen molar-refractivity contribution in [2.45, 2.75) is 25.4 Å². The highest BCUT2D eigenvalue weighted by atomic mass is 35.5. The zero-order valence-corrected chi connectivity index (χ0v) is 11.8. The number of benzene rings is 1. The summed E-state index contributed by atoms with van der Waals surface area (Å²) in [5.74, 6) is 0.782. The molecule has 0 amide bonds. The molecule has 3 nitrogen and oxygen atoms in total. The van der Waals surface area contributed by atoms with Gasteiger partial charge in [0.2, 0.25) is 0 Å². The maximum atomic E-state index is 8.87. The molecule has 1 unspecified atom stereocenters. The van der Waals surface area contributed by atoms with Crippen LogP contribution in [0.2, 0.25) is 5.02 Å². The van der Waals surface area contributed by atoms with Crippen LogP contribution in [-0.2, 0) is 0 Å². The molecule has 1 saturated carbocycles. The van der Waals surface area contributed by atoms with Crippen LogP contribution in [0.25, 0.3) is 0 Å². The smallest absolute Gasteiger partial charge is 0.121 e. The number of likely N-dealkylation sites (tertiary alicyclic amines) is 1. The average molecular weight is 277 g/mol. The molecule has 1 aromatic carbocycles. The molecule has 1 aliphatic heterocycles. The first kappa shape index (κ1) is 12.8. The molecule has 0 radical (unpaired) electrons. The van der Waals surface area contributed by atoms with Crippen LogP contribution < -0.4 is 4.74 Å². The Morgan fingerprint density at radius 3 is 2.89 bits per heavy atom. The van der Waals surface area contributed by atoms with Crippen LogP contribution in [0.5, 0.6) is 5.75 Å². The van der Waals surface area contributed by atoms with Crippen LogP contribution >= 0.6 is 11.6 Å². The van der Waals surface area contributed by atoms with Crippen molar-refractivity contribution in [1.29, 1.82) is 5.26 Å². The van der Waals surface area contributed by atoms with Gasteiger partial charge in [0.05, 0.1) is 10.6 Å². The molecule has 19 heavy (non-hydrogen) atoms. The Labute approximate surface area is 118 Å². The Kier molecular flexibility index (Phi) is 3.16. The van der Waals surface area contributed by atoms with E-state index >= 15 is 0 Å². The Morgan fingerprint density at radius 2 is 2.26 bits per heavy atom. The van der Waals surface area contributed by atoms with Gasteiger partial charge in [-0.05, 0) is 38.4 Å². The molecule has 1 spiro atoms. The molecular weight excluding hydrogens is 260 g/mol. The first-order chi connectivity index (χ1) is 9.13. The van der Waals surface area contributed by atoms with Crippen LogP contribution in [-0.4, -0.2) is 31.1 Å². The minimum absolute atomic E-state index is 0.285. The van der Waals surface area contributed by atoms with Crippen molar-refractivity contribution < 1.29 is 4.74 Å². The Hall–Kier alpha value is -1.24. The lowest BCUT2D eigenvalue weighted by Crippen LogP contribution is -2.45. The summed E-state index contributed by atoms with van der Waals surface area (Å²) in [4.78, 5) is 2.39. The van der Waals surface area contributed by atoms with Gasteiger partial charge in [-0.2, -0.15) is 5.26 Å².